The van der Waals surface area contributed by atoms with Crippen LogP contribution < -0.4 is 10.6 Å². The van der Waals surface area contributed by atoms with Gasteiger partial charge in [0.25, 0.3) is 5.91 Å². The first-order chi connectivity index (χ1) is 8.69. The number of hydrogen-bond acceptors (Lipinski definition) is 4. The third-order valence-corrected chi connectivity index (χ3v) is 3.62. The smallest absolute Gasteiger partial charge is 0.271 e. The Labute approximate surface area is 107 Å². The fraction of sp³-hybridized carbons (Fsp3) is 0.615. The summed E-state index contributed by atoms with van der Waals surface area (Å²) in [6.45, 7) is 4.66. The van der Waals surface area contributed by atoms with Crippen molar-refractivity contribution in [3.05, 3.63) is 17.8 Å². The number of aromatic nitrogens is 2. The molecule has 0 radical (unpaired) electrons. The van der Waals surface area contributed by atoms with Crippen molar-refractivity contribution in [2.75, 3.05) is 11.9 Å². The van der Waals surface area contributed by atoms with E-state index in [-0.39, 0.29) is 11.4 Å². The van der Waals surface area contributed by atoms with Gasteiger partial charge in [0.1, 0.15) is 5.82 Å². The van der Waals surface area contributed by atoms with E-state index in [4.69, 9.17) is 0 Å². The molecular formula is C13H20N4O. The number of nitrogens with one attached hydrogen (secondary N) is 2. The Morgan fingerprint density at radius 2 is 2.11 bits per heavy atom. The minimum Gasteiger partial charge on any atom is -0.363 e. The maximum absolute atomic E-state index is 11.5. The van der Waals surface area contributed by atoms with Gasteiger partial charge in [0.2, 0.25) is 0 Å². The molecule has 1 aliphatic carbocycles. The van der Waals surface area contributed by atoms with Gasteiger partial charge in [0, 0.05) is 12.1 Å². The first kappa shape index (κ1) is 12.8. The predicted octanol–water partition coefficient (Wildman–Crippen LogP) is 1.97. The highest BCUT2D eigenvalue weighted by atomic mass is 16.1. The second-order valence-corrected chi connectivity index (χ2v) is 4.78. The molecule has 1 aliphatic rings. The van der Waals surface area contributed by atoms with Crippen LogP contribution in [0.4, 0.5) is 5.82 Å². The number of rotatable bonds is 5. The third-order valence-electron chi connectivity index (χ3n) is 3.62. The first-order valence-electron chi connectivity index (χ1n) is 6.59. The summed E-state index contributed by atoms with van der Waals surface area (Å²) in [7, 11) is 0. The second-order valence-electron chi connectivity index (χ2n) is 4.78. The summed E-state index contributed by atoms with van der Waals surface area (Å²) in [6.07, 6.45) is 4.73. The summed E-state index contributed by atoms with van der Waals surface area (Å²) < 4.78 is 0. The van der Waals surface area contributed by atoms with E-state index in [1.807, 2.05) is 13.0 Å². The molecule has 5 nitrogen and oxygen atoms in total. The van der Waals surface area contributed by atoms with Gasteiger partial charge < -0.3 is 10.6 Å². The fourth-order valence-electron chi connectivity index (χ4n) is 2.21. The molecule has 1 aromatic heterocycles. The molecule has 1 amide bonds. The molecule has 0 bridgehead atoms. The number of hydrogen-bond donors (Lipinski definition) is 2. The van der Waals surface area contributed by atoms with Gasteiger partial charge in [0.15, 0.2) is 5.69 Å². The van der Waals surface area contributed by atoms with Crippen LogP contribution in [0.25, 0.3) is 0 Å². The van der Waals surface area contributed by atoms with Gasteiger partial charge in [-0.25, -0.2) is 0 Å². The Morgan fingerprint density at radius 1 is 1.33 bits per heavy atom. The maximum atomic E-state index is 11.5. The summed E-state index contributed by atoms with van der Waals surface area (Å²) in [4.78, 5) is 11.5. The Morgan fingerprint density at radius 3 is 2.56 bits per heavy atom. The fourth-order valence-corrected chi connectivity index (χ4v) is 2.21. The van der Waals surface area contributed by atoms with Crippen molar-refractivity contribution in [2.24, 2.45) is 0 Å². The van der Waals surface area contributed by atoms with Crippen LogP contribution in [0.5, 0.6) is 0 Å². The van der Waals surface area contributed by atoms with Crippen LogP contribution in [0.2, 0.25) is 0 Å². The van der Waals surface area contributed by atoms with Crippen molar-refractivity contribution in [1.29, 1.82) is 0 Å². The number of carbonyl (C=O) groups excluding carboxylic acids is 1. The van der Waals surface area contributed by atoms with E-state index < -0.39 is 0 Å². The van der Waals surface area contributed by atoms with Gasteiger partial charge in [-0.1, -0.05) is 6.92 Å². The van der Waals surface area contributed by atoms with Crippen LogP contribution in [0, 0.1) is 0 Å². The van der Waals surface area contributed by atoms with Crippen LogP contribution in [0.15, 0.2) is 12.1 Å². The Bertz CT molecular complexity index is 406. The van der Waals surface area contributed by atoms with Crippen LogP contribution >= 0.6 is 0 Å². The van der Waals surface area contributed by atoms with Crippen LogP contribution in [0.3, 0.4) is 0 Å². The molecule has 0 saturated heterocycles. The van der Waals surface area contributed by atoms with Crippen molar-refractivity contribution in [3.8, 4) is 0 Å². The molecule has 5 heteroatoms. The average molecular weight is 248 g/mol. The van der Waals surface area contributed by atoms with Crippen molar-refractivity contribution >= 4 is 11.7 Å². The molecule has 2 rings (SSSR count). The molecule has 0 atom stereocenters. The number of nitrogens with zero attached hydrogens (tertiary/aromatic N) is 2. The van der Waals surface area contributed by atoms with E-state index in [1.54, 1.807) is 6.07 Å². The summed E-state index contributed by atoms with van der Waals surface area (Å²) >= 11 is 0. The standard InChI is InChI=1S/C13H20N4O/c1-3-13(8-5-9-13)15-11-7-6-10(16-17-11)12(18)14-4-2/h6-7H,3-5,8-9H2,1-2H3,(H,14,18)(H,15,17). The first-order valence-corrected chi connectivity index (χ1v) is 6.59. The van der Waals surface area contributed by atoms with E-state index in [9.17, 15) is 4.79 Å². The normalized spacial score (nSPS) is 16.8. The van der Waals surface area contributed by atoms with Crippen LogP contribution in [0.1, 0.15) is 50.0 Å². The van der Waals surface area contributed by atoms with Gasteiger partial charge in [-0.05, 0) is 44.7 Å². The van der Waals surface area contributed by atoms with E-state index in [1.165, 1.54) is 19.3 Å². The van der Waals surface area contributed by atoms with Gasteiger partial charge in [-0.2, -0.15) is 0 Å². The quantitative estimate of drug-likeness (QED) is 0.836. The molecule has 1 heterocycles. The topological polar surface area (TPSA) is 66.9 Å². The highest BCUT2D eigenvalue weighted by molar-refractivity contribution is 5.92. The molecule has 1 aromatic rings. The SMILES string of the molecule is CCNC(=O)c1ccc(NC2(CC)CCC2)nn1. The zero-order valence-electron chi connectivity index (χ0n) is 11.0. The molecule has 2 N–H and O–H groups in total. The van der Waals surface area contributed by atoms with Crippen molar-refractivity contribution in [2.45, 2.75) is 45.1 Å². The molecular weight excluding hydrogens is 228 g/mol. The molecule has 1 saturated carbocycles. The zero-order valence-corrected chi connectivity index (χ0v) is 11.0. The van der Waals surface area contributed by atoms with Crippen LogP contribution in [-0.4, -0.2) is 28.2 Å². The van der Waals surface area contributed by atoms with E-state index >= 15 is 0 Å². The lowest BCUT2D eigenvalue weighted by Crippen LogP contribution is -2.44. The molecule has 1 fully saturated rings. The van der Waals surface area contributed by atoms with E-state index in [2.05, 4.69) is 27.8 Å². The monoisotopic (exact) mass is 248 g/mol. The molecule has 98 valence electrons. The highest BCUT2D eigenvalue weighted by Gasteiger charge is 2.35. The minimum absolute atomic E-state index is 0.176. The summed E-state index contributed by atoms with van der Waals surface area (Å²) in [5, 5.41) is 14.2. The van der Waals surface area contributed by atoms with Gasteiger partial charge in [-0.3, -0.25) is 4.79 Å². The van der Waals surface area contributed by atoms with Crippen molar-refractivity contribution in [1.82, 2.24) is 15.5 Å². The molecule has 0 aromatic carbocycles. The van der Waals surface area contributed by atoms with Gasteiger partial charge in [-0.15, -0.1) is 10.2 Å². The van der Waals surface area contributed by atoms with E-state index in [0.717, 1.165) is 12.2 Å². The average Bonchev–Trinajstić information content (AvgIpc) is 2.35. The summed E-state index contributed by atoms with van der Waals surface area (Å²) in [6, 6.07) is 3.54. The predicted molar refractivity (Wildman–Crippen MR) is 70.5 cm³/mol. The zero-order chi connectivity index (χ0) is 13.0. The highest BCUT2D eigenvalue weighted by Crippen LogP contribution is 2.37. The molecule has 18 heavy (non-hydrogen) atoms. The third kappa shape index (κ3) is 2.60. The van der Waals surface area contributed by atoms with Crippen LogP contribution in [-0.2, 0) is 0 Å². The molecule has 0 aliphatic heterocycles. The molecule has 0 unspecified atom stereocenters. The Kier molecular flexibility index (Phi) is 3.79. The summed E-state index contributed by atoms with van der Waals surface area (Å²) in [5.74, 6) is 0.579. The molecule has 0 spiro atoms. The van der Waals surface area contributed by atoms with Gasteiger partial charge in [0.05, 0.1) is 0 Å². The lowest BCUT2D eigenvalue weighted by Gasteiger charge is -2.42. The largest absolute Gasteiger partial charge is 0.363 e. The van der Waals surface area contributed by atoms with E-state index in [0.29, 0.717) is 12.2 Å². The van der Waals surface area contributed by atoms with Gasteiger partial charge >= 0.3 is 0 Å². The second kappa shape index (κ2) is 5.33. The van der Waals surface area contributed by atoms with Crippen molar-refractivity contribution in [3.63, 3.8) is 0 Å². The lowest BCUT2D eigenvalue weighted by atomic mass is 9.75. The summed E-state index contributed by atoms with van der Waals surface area (Å²) in [5.41, 5.74) is 0.559. The van der Waals surface area contributed by atoms with Crippen molar-refractivity contribution < 1.29 is 4.79 Å². The lowest BCUT2D eigenvalue weighted by molar-refractivity contribution is 0.0950. The Hall–Kier alpha value is -1.65. The Balaban J connectivity index is 2.01. The number of anilines is 1. The number of amides is 1. The maximum Gasteiger partial charge on any atom is 0.271 e. The minimum atomic E-state index is -0.176. The number of carbonyl (C=O) groups is 1.